The van der Waals surface area contributed by atoms with Crippen LogP contribution in [0.2, 0.25) is 0 Å². The van der Waals surface area contributed by atoms with Gasteiger partial charge in [0.05, 0.1) is 64.8 Å². The normalized spacial score (nSPS) is 13.7. The van der Waals surface area contributed by atoms with Crippen LogP contribution < -0.4 is 15.4 Å². The van der Waals surface area contributed by atoms with Gasteiger partial charge >= 0.3 is 11.9 Å². The minimum Gasteiger partial charge on any atom is -0.508 e. The van der Waals surface area contributed by atoms with E-state index in [0.29, 0.717) is 97.3 Å². The molecule has 2 aliphatic heterocycles. The smallest absolute Gasteiger partial charge is 0.340 e. The minimum absolute atomic E-state index is 0.0151. The lowest BCUT2D eigenvalue weighted by atomic mass is 9.77. The minimum atomic E-state index is -1.33. The molecule has 5 rings (SSSR count). The Morgan fingerprint density at radius 3 is 1.89 bits per heavy atom. The lowest BCUT2D eigenvalue weighted by Gasteiger charge is -2.36. The summed E-state index contributed by atoms with van der Waals surface area (Å²) in [6, 6.07) is 14.4. The number of aromatic hydroxyl groups is 2. The maximum atomic E-state index is 13.3. The zero-order chi connectivity index (χ0) is 32.5. The summed E-state index contributed by atoms with van der Waals surface area (Å²) in [4.78, 5) is 23.7. The lowest BCUT2D eigenvalue weighted by molar-refractivity contribution is -0.138. The van der Waals surface area contributed by atoms with Crippen LogP contribution in [-0.4, -0.2) is 91.8 Å². The van der Waals surface area contributed by atoms with Crippen molar-refractivity contribution >= 4 is 35.0 Å². The van der Waals surface area contributed by atoms with Gasteiger partial charge in [-0.1, -0.05) is 6.07 Å². The molecular weight excluding hydrogens is 620 g/mol. The third kappa shape index (κ3) is 7.66. The highest BCUT2D eigenvalue weighted by Gasteiger charge is 2.53. The van der Waals surface area contributed by atoms with Gasteiger partial charge in [0.2, 0.25) is 0 Å². The number of aliphatic carboxylic acids is 1. The highest BCUT2D eigenvalue weighted by molar-refractivity contribution is 7.80. The Morgan fingerprint density at radius 2 is 1.30 bits per heavy atom. The summed E-state index contributed by atoms with van der Waals surface area (Å²) in [5.74, 6) is -0.849. The van der Waals surface area contributed by atoms with Gasteiger partial charge in [0.25, 0.3) is 0 Å². The van der Waals surface area contributed by atoms with Crippen LogP contribution in [0.4, 0.5) is 5.69 Å². The van der Waals surface area contributed by atoms with Crippen LogP contribution >= 0.6 is 12.2 Å². The zero-order valence-corrected chi connectivity index (χ0v) is 25.6. The number of hydrogen-bond donors (Lipinski definition) is 5. The van der Waals surface area contributed by atoms with Crippen LogP contribution in [0.5, 0.6) is 23.0 Å². The Hall–Kier alpha value is -4.47. The van der Waals surface area contributed by atoms with Crippen molar-refractivity contribution in [2.24, 2.45) is 0 Å². The molecule has 5 N–H and O–H groups in total. The number of thiocarbonyl (C=S) groups is 1. The fraction of sp³-hybridized carbons (Fsp3) is 0.344. The van der Waals surface area contributed by atoms with Crippen molar-refractivity contribution in [3.05, 3.63) is 76.9 Å². The molecule has 0 saturated heterocycles. The molecule has 0 atom stereocenters. The van der Waals surface area contributed by atoms with Gasteiger partial charge < -0.3 is 54.4 Å². The number of anilines is 1. The number of rotatable bonds is 16. The second-order valence-corrected chi connectivity index (χ2v) is 10.7. The van der Waals surface area contributed by atoms with E-state index in [0.717, 1.165) is 0 Å². The van der Waals surface area contributed by atoms with E-state index < -0.39 is 17.5 Å². The predicted octanol–water partition coefficient (Wildman–Crippen LogP) is 3.49. The first-order valence-corrected chi connectivity index (χ1v) is 15.0. The first-order valence-electron chi connectivity index (χ1n) is 14.6. The first-order chi connectivity index (χ1) is 22.3. The summed E-state index contributed by atoms with van der Waals surface area (Å²) in [6.45, 7) is 3.29. The molecule has 3 aromatic carbocycles. The van der Waals surface area contributed by atoms with Crippen LogP contribution in [0, 0.1) is 0 Å². The number of fused-ring (bicyclic) bond motifs is 6. The van der Waals surface area contributed by atoms with E-state index >= 15 is 0 Å². The Bertz CT molecular complexity index is 1530. The van der Waals surface area contributed by atoms with Crippen LogP contribution in [0.1, 0.15) is 33.5 Å². The number of carbonyl (C=O) groups is 2. The zero-order valence-electron chi connectivity index (χ0n) is 24.8. The molecule has 0 fully saturated rings. The van der Waals surface area contributed by atoms with Gasteiger partial charge in [0.15, 0.2) is 10.7 Å². The second-order valence-electron chi connectivity index (χ2n) is 10.3. The first kappa shape index (κ1) is 32.9. The molecular formula is C32H34N2O11S. The summed E-state index contributed by atoms with van der Waals surface area (Å²) >= 11 is 5.41. The molecule has 0 saturated carbocycles. The van der Waals surface area contributed by atoms with E-state index in [1.807, 2.05) is 0 Å². The largest absolute Gasteiger partial charge is 0.508 e. The van der Waals surface area contributed by atoms with Gasteiger partial charge in [-0.2, -0.15) is 0 Å². The summed E-state index contributed by atoms with van der Waals surface area (Å²) in [7, 11) is 0. The fourth-order valence-electron chi connectivity index (χ4n) is 5.12. The molecule has 2 aliphatic rings. The van der Waals surface area contributed by atoms with Crippen molar-refractivity contribution in [3.8, 4) is 23.0 Å². The van der Waals surface area contributed by atoms with E-state index in [2.05, 4.69) is 10.6 Å². The molecule has 0 unspecified atom stereocenters. The molecule has 2 heterocycles. The van der Waals surface area contributed by atoms with Crippen LogP contribution in [0.15, 0.2) is 54.6 Å². The van der Waals surface area contributed by atoms with Crippen molar-refractivity contribution in [2.45, 2.75) is 12.0 Å². The molecule has 0 amide bonds. The predicted molar refractivity (Wildman–Crippen MR) is 168 cm³/mol. The van der Waals surface area contributed by atoms with Gasteiger partial charge in [-0.05, 0) is 48.6 Å². The quantitative estimate of drug-likeness (QED) is 0.0862. The molecule has 46 heavy (non-hydrogen) atoms. The van der Waals surface area contributed by atoms with Crippen molar-refractivity contribution in [1.29, 1.82) is 0 Å². The number of carbonyl (C=O) groups excluding carboxylic acids is 1. The maximum absolute atomic E-state index is 13.3. The van der Waals surface area contributed by atoms with Gasteiger partial charge in [0, 0.05) is 41.1 Å². The maximum Gasteiger partial charge on any atom is 0.340 e. The number of phenols is 2. The van der Waals surface area contributed by atoms with E-state index in [1.54, 1.807) is 30.3 Å². The summed E-state index contributed by atoms with van der Waals surface area (Å²) < 4.78 is 33.5. The molecule has 244 valence electrons. The number of ether oxygens (including phenoxy) is 6. The van der Waals surface area contributed by atoms with E-state index in [1.165, 1.54) is 24.3 Å². The highest BCUT2D eigenvalue weighted by atomic mass is 32.1. The molecule has 14 heteroatoms. The molecule has 0 radical (unpaired) electrons. The number of carboxylic acids is 1. The summed E-state index contributed by atoms with van der Waals surface area (Å²) in [6.07, 6.45) is -0.0281. The number of carboxylic acid groups (broad SMARTS) is 1. The van der Waals surface area contributed by atoms with E-state index in [-0.39, 0.29) is 24.5 Å². The number of phenolic OH excluding ortho intramolecular Hbond substituents is 2. The van der Waals surface area contributed by atoms with E-state index in [4.69, 9.17) is 45.7 Å². The van der Waals surface area contributed by atoms with Gasteiger partial charge in [-0.15, -0.1) is 0 Å². The number of benzene rings is 3. The standard InChI is InChI=1S/C32H34N2O11S/c35-21-2-5-25-27(18-21)44-28-19-22(36)3-6-26(28)32(25)24-4-1-20(17-23(24)30(39)45-32)34-31(46)33-8-10-41-12-14-43-16-15-42-13-11-40-9-7-29(37)38/h1-6,17-19,35-36H,7-16H2,(H,37,38)(H2,33,34,46). The topological polar surface area (TPSA) is 174 Å². The molecule has 0 bridgehead atoms. The van der Waals surface area contributed by atoms with Crippen molar-refractivity contribution in [1.82, 2.24) is 5.32 Å². The highest BCUT2D eigenvalue weighted by Crippen LogP contribution is 2.57. The number of hydrogen-bond acceptors (Lipinski definition) is 11. The monoisotopic (exact) mass is 654 g/mol. The third-order valence-electron chi connectivity index (χ3n) is 7.14. The van der Waals surface area contributed by atoms with Crippen molar-refractivity contribution in [3.63, 3.8) is 0 Å². The Labute approximate surface area is 269 Å². The fourth-order valence-corrected chi connectivity index (χ4v) is 5.34. The van der Waals surface area contributed by atoms with Crippen molar-refractivity contribution < 1.29 is 53.3 Å². The number of nitrogens with one attached hydrogen (secondary N) is 2. The average molecular weight is 655 g/mol. The van der Waals surface area contributed by atoms with Crippen LogP contribution in [0.25, 0.3) is 0 Å². The Morgan fingerprint density at radius 1 is 0.761 bits per heavy atom. The van der Waals surface area contributed by atoms with Gasteiger partial charge in [-0.25, -0.2) is 4.79 Å². The molecule has 0 aliphatic carbocycles. The molecule has 3 aromatic rings. The van der Waals surface area contributed by atoms with Crippen molar-refractivity contribution in [2.75, 3.05) is 64.7 Å². The Kier molecular flexibility index (Phi) is 10.9. The van der Waals surface area contributed by atoms with Crippen LogP contribution in [0.3, 0.4) is 0 Å². The summed E-state index contributed by atoms with van der Waals surface area (Å²) in [5, 5.41) is 35.2. The molecule has 0 aromatic heterocycles. The lowest BCUT2D eigenvalue weighted by Crippen LogP contribution is -2.33. The second kappa shape index (κ2) is 15.2. The molecule has 1 spiro atoms. The van der Waals surface area contributed by atoms with Gasteiger partial charge in [0.1, 0.15) is 23.0 Å². The van der Waals surface area contributed by atoms with E-state index in [9.17, 15) is 19.8 Å². The third-order valence-corrected chi connectivity index (χ3v) is 7.39. The van der Waals surface area contributed by atoms with Gasteiger partial charge in [-0.3, -0.25) is 4.79 Å². The SMILES string of the molecule is O=C(O)CCOCCOCCOCCOCCNC(=S)Nc1ccc2c(c1)C(=O)OC21c2ccc(O)cc2Oc2cc(O)ccc21. The Balaban J connectivity index is 1.07. The summed E-state index contributed by atoms with van der Waals surface area (Å²) in [5.41, 5.74) is 1.27. The molecule has 13 nitrogen and oxygen atoms in total. The van der Waals surface area contributed by atoms with Crippen LogP contribution in [-0.2, 0) is 34.1 Å². The number of esters is 1. The average Bonchev–Trinajstić information content (AvgIpc) is 3.30.